The number of ether oxygens (including phenoxy) is 1. The van der Waals surface area contributed by atoms with E-state index in [1.54, 1.807) is 32.7 Å². The Balaban J connectivity index is 2.38. The Morgan fingerprint density at radius 1 is 0.824 bits per heavy atom. The summed E-state index contributed by atoms with van der Waals surface area (Å²) in [6.45, 7) is 10.9. The fraction of sp³-hybridized carbons (Fsp3) is 0.868. The molecule has 0 saturated heterocycles. The first kappa shape index (κ1) is 44.4. The van der Waals surface area contributed by atoms with Crippen LogP contribution in [0.25, 0.3) is 0 Å². The highest BCUT2D eigenvalue weighted by atomic mass is 16.5. The van der Waals surface area contributed by atoms with Gasteiger partial charge in [0.2, 0.25) is 29.5 Å². The summed E-state index contributed by atoms with van der Waals surface area (Å²) in [6.07, 6.45) is 10.8. The van der Waals surface area contributed by atoms with Crippen molar-refractivity contribution in [1.82, 2.24) is 20.9 Å². The summed E-state index contributed by atoms with van der Waals surface area (Å²) in [5.41, 5.74) is 9.89. The average Bonchev–Trinajstić information content (AvgIpc) is 3.09. The lowest BCUT2D eigenvalue weighted by atomic mass is 9.81. The monoisotopic (exact) mass is 723 g/mol. The van der Waals surface area contributed by atoms with Gasteiger partial charge in [0.15, 0.2) is 0 Å². The van der Waals surface area contributed by atoms with Crippen molar-refractivity contribution in [3.8, 4) is 0 Å². The smallest absolute Gasteiger partial charge is 0.246 e. The number of aliphatic hydroxyl groups is 1. The van der Waals surface area contributed by atoms with Crippen LogP contribution in [0.4, 0.5) is 0 Å². The van der Waals surface area contributed by atoms with Gasteiger partial charge >= 0.3 is 0 Å². The van der Waals surface area contributed by atoms with Gasteiger partial charge in [-0.05, 0) is 64.7 Å². The van der Waals surface area contributed by atoms with Gasteiger partial charge in [-0.1, -0.05) is 78.6 Å². The van der Waals surface area contributed by atoms with Gasteiger partial charge < -0.3 is 42.2 Å². The first-order valence-corrected chi connectivity index (χ1v) is 19.5. The molecule has 2 aliphatic carbocycles. The third-order valence-electron chi connectivity index (χ3n) is 11.1. The fourth-order valence-corrected chi connectivity index (χ4v) is 7.53. The van der Waals surface area contributed by atoms with Crippen molar-refractivity contribution >= 4 is 29.5 Å². The molecule has 2 saturated carbocycles. The number of carbonyl (C=O) groups is 5. The van der Waals surface area contributed by atoms with Gasteiger partial charge in [-0.25, -0.2) is 0 Å². The van der Waals surface area contributed by atoms with Crippen molar-refractivity contribution in [2.75, 3.05) is 20.2 Å². The van der Waals surface area contributed by atoms with Crippen LogP contribution >= 0.6 is 0 Å². The zero-order valence-electron chi connectivity index (χ0n) is 32.5. The maximum atomic E-state index is 14.7. The molecule has 294 valence electrons. The van der Waals surface area contributed by atoms with Gasteiger partial charge in [0.05, 0.1) is 30.7 Å². The van der Waals surface area contributed by atoms with E-state index < -0.39 is 59.4 Å². The Morgan fingerprint density at radius 3 is 1.92 bits per heavy atom. The van der Waals surface area contributed by atoms with E-state index in [1.807, 2.05) is 20.8 Å². The van der Waals surface area contributed by atoms with Crippen LogP contribution < -0.4 is 27.4 Å². The quantitative estimate of drug-likeness (QED) is 0.131. The maximum absolute atomic E-state index is 14.7. The zero-order valence-corrected chi connectivity index (χ0v) is 32.5. The summed E-state index contributed by atoms with van der Waals surface area (Å²) in [6, 6.07) is -2.32. The number of nitrogens with two attached hydrogens (primary N) is 2. The summed E-state index contributed by atoms with van der Waals surface area (Å²) in [5, 5.41) is 18.5. The van der Waals surface area contributed by atoms with Crippen LogP contribution in [0, 0.1) is 23.7 Å². The predicted molar refractivity (Wildman–Crippen MR) is 198 cm³/mol. The van der Waals surface area contributed by atoms with E-state index in [-0.39, 0.29) is 42.8 Å². The van der Waals surface area contributed by atoms with Crippen molar-refractivity contribution in [3.05, 3.63) is 0 Å². The molecule has 0 aromatic heterocycles. The second-order valence-electron chi connectivity index (χ2n) is 15.9. The molecular weight excluding hydrogens is 652 g/mol. The molecule has 1 unspecified atom stereocenters. The molecule has 13 heteroatoms. The zero-order chi connectivity index (χ0) is 38.3. The third-order valence-corrected chi connectivity index (χ3v) is 11.1. The van der Waals surface area contributed by atoms with E-state index in [2.05, 4.69) is 16.0 Å². The van der Waals surface area contributed by atoms with E-state index in [4.69, 9.17) is 16.2 Å². The number of primary amides is 1. The van der Waals surface area contributed by atoms with Crippen molar-refractivity contribution in [1.29, 1.82) is 0 Å². The summed E-state index contributed by atoms with van der Waals surface area (Å²) in [7, 11) is 1.67. The summed E-state index contributed by atoms with van der Waals surface area (Å²) >= 11 is 0. The molecule has 8 N–H and O–H groups in total. The topological polar surface area (TPSA) is 206 Å². The molecule has 13 nitrogen and oxygen atoms in total. The van der Waals surface area contributed by atoms with Crippen LogP contribution in [0.5, 0.6) is 0 Å². The summed E-state index contributed by atoms with van der Waals surface area (Å²) < 4.78 is 6.47. The number of aliphatic hydroxyl groups excluding tert-OH is 1. The van der Waals surface area contributed by atoms with Crippen LogP contribution in [-0.4, -0.2) is 95.6 Å². The van der Waals surface area contributed by atoms with Crippen LogP contribution in [0.3, 0.4) is 0 Å². The molecule has 2 fully saturated rings. The van der Waals surface area contributed by atoms with E-state index in [1.165, 1.54) is 0 Å². The molecule has 2 rings (SSSR count). The number of carbonyl (C=O) groups excluding carboxylic acids is 5. The molecule has 51 heavy (non-hydrogen) atoms. The van der Waals surface area contributed by atoms with Crippen LogP contribution in [0.15, 0.2) is 0 Å². The first-order valence-electron chi connectivity index (χ1n) is 19.5. The minimum Gasteiger partial charge on any atom is -0.393 e. The van der Waals surface area contributed by atoms with Gasteiger partial charge in [-0.3, -0.25) is 24.0 Å². The lowest BCUT2D eigenvalue weighted by Gasteiger charge is -2.43. The normalized spacial score (nSPS) is 23.4. The van der Waals surface area contributed by atoms with Gasteiger partial charge in [-0.15, -0.1) is 0 Å². The van der Waals surface area contributed by atoms with Gasteiger partial charge in [0.1, 0.15) is 17.6 Å². The second-order valence-corrected chi connectivity index (χ2v) is 15.9. The molecule has 2 aliphatic rings. The molecular formula is C38H70N6O7. The Hall–Kier alpha value is -2.77. The lowest BCUT2D eigenvalue weighted by Crippen LogP contribution is -2.64. The van der Waals surface area contributed by atoms with Gasteiger partial charge in [-0.2, -0.15) is 0 Å². The molecule has 5 amide bonds. The van der Waals surface area contributed by atoms with Crippen molar-refractivity contribution in [3.63, 3.8) is 0 Å². The number of nitrogens with one attached hydrogen (secondary N) is 3. The van der Waals surface area contributed by atoms with Crippen molar-refractivity contribution in [2.24, 2.45) is 35.1 Å². The number of hydrogen-bond acceptors (Lipinski definition) is 8. The molecule has 0 aromatic carbocycles. The molecule has 0 aromatic rings. The largest absolute Gasteiger partial charge is 0.393 e. The predicted octanol–water partition coefficient (Wildman–Crippen LogP) is 2.90. The standard InChI is InChI=1S/C38H70N6O7/c1-24(2)21-38(6,37(50)43-32(28-17-13-12-14-18-28)35(48)42-30(22-39)33(40)46)44(7)36(49)29-19-15-10-8-9-11-16-20-31(29)51-23-25(3)41-34(47)26(4)27(5)45/h24-32,45H,8-23,39H2,1-7H3,(H2,40,46)(H,41,47)(H,42,48)(H,43,50)/t25-,26+,27+,29-,30+,31-,32+,38?/m1/s1. The van der Waals surface area contributed by atoms with Crippen molar-refractivity contribution < 1.29 is 33.8 Å². The highest BCUT2D eigenvalue weighted by Crippen LogP contribution is 2.32. The Labute approximate surface area is 306 Å². The van der Waals surface area contributed by atoms with Crippen molar-refractivity contribution in [2.45, 2.75) is 167 Å². The highest BCUT2D eigenvalue weighted by molar-refractivity contribution is 5.96. The molecule has 0 spiro atoms. The van der Waals surface area contributed by atoms with Gasteiger partial charge in [0.25, 0.3) is 0 Å². The van der Waals surface area contributed by atoms with E-state index in [0.717, 1.165) is 70.6 Å². The molecule has 0 heterocycles. The number of nitrogens with zero attached hydrogens (tertiary/aromatic N) is 1. The highest BCUT2D eigenvalue weighted by Gasteiger charge is 2.46. The fourth-order valence-electron chi connectivity index (χ4n) is 7.53. The van der Waals surface area contributed by atoms with E-state index >= 15 is 0 Å². The summed E-state index contributed by atoms with van der Waals surface area (Å²) in [5.74, 6) is -3.30. The maximum Gasteiger partial charge on any atom is 0.246 e. The Kier molecular flexibility index (Phi) is 18.9. The first-order chi connectivity index (χ1) is 24.0. The number of rotatable bonds is 17. The van der Waals surface area contributed by atoms with E-state index in [0.29, 0.717) is 19.3 Å². The third kappa shape index (κ3) is 13.6. The van der Waals surface area contributed by atoms with Crippen LogP contribution in [-0.2, 0) is 28.7 Å². The Morgan fingerprint density at radius 2 is 1.37 bits per heavy atom. The SMILES string of the molecule is CC(C)CC(C)(C(=O)N[C@H](C(=O)N[C@@H](CN)C(N)=O)C1CCCCC1)N(C)C(=O)[C@@H]1CCCCCCCC[C@H]1OC[C@@H](C)NC(=O)[C@@H](C)[C@H](C)O. The van der Waals surface area contributed by atoms with Gasteiger partial charge in [0, 0.05) is 19.6 Å². The molecule has 0 bridgehead atoms. The lowest BCUT2D eigenvalue weighted by molar-refractivity contribution is -0.154. The van der Waals surface area contributed by atoms with Crippen LogP contribution in [0.1, 0.15) is 131 Å². The number of likely N-dealkylation sites (N-methyl/N-ethyl adjacent to an activating group) is 1. The Bertz CT molecular complexity index is 1130. The number of hydrogen-bond donors (Lipinski definition) is 6. The molecule has 8 atom stereocenters. The average molecular weight is 723 g/mol. The summed E-state index contributed by atoms with van der Waals surface area (Å²) in [4.78, 5) is 69.0. The molecule has 0 aliphatic heterocycles. The van der Waals surface area contributed by atoms with Crippen LogP contribution in [0.2, 0.25) is 0 Å². The molecule has 0 radical (unpaired) electrons. The second kappa shape index (κ2) is 21.7. The number of amides is 5. The minimum atomic E-state index is -1.30. The van der Waals surface area contributed by atoms with E-state index in [9.17, 15) is 29.1 Å². The minimum absolute atomic E-state index is 0.0408.